The summed E-state index contributed by atoms with van der Waals surface area (Å²) in [7, 11) is 0. The van der Waals surface area contributed by atoms with Crippen molar-refractivity contribution in [2.24, 2.45) is 0 Å². The summed E-state index contributed by atoms with van der Waals surface area (Å²) in [4.78, 5) is 0. The molecular formula is C49H32OS. The quantitative estimate of drug-likeness (QED) is 0.171. The van der Waals surface area contributed by atoms with Gasteiger partial charge in [0.15, 0.2) is 0 Å². The molecule has 0 saturated heterocycles. The van der Waals surface area contributed by atoms with Gasteiger partial charge in [-0.1, -0.05) is 141 Å². The van der Waals surface area contributed by atoms with Crippen LogP contribution in [-0.2, 0) is 5.41 Å². The molecule has 8 aromatic carbocycles. The van der Waals surface area contributed by atoms with Crippen LogP contribution in [0.15, 0.2) is 161 Å². The molecule has 2 aromatic heterocycles. The Labute approximate surface area is 300 Å². The molecule has 0 fully saturated rings. The highest BCUT2D eigenvalue weighted by Gasteiger charge is 2.38. The number of thiophene rings is 1. The average Bonchev–Trinajstić information content (AvgIpc) is 3.87. The maximum Gasteiger partial charge on any atom is 0.143 e. The number of furan rings is 1. The summed E-state index contributed by atoms with van der Waals surface area (Å²) in [6.45, 7) is 4.68. The minimum atomic E-state index is -0.120. The van der Waals surface area contributed by atoms with Crippen LogP contribution < -0.4 is 0 Å². The first-order valence-corrected chi connectivity index (χ1v) is 18.5. The molecule has 0 bridgehead atoms. The van der Waals surface area contributed by atoms with Crippen LogP contribution in [0.3, 0.4) is 0 Å². The lowest BCUT2D eigenvalue weighted by Crippen LogP contribution is -2.14. The van der Waals surface area contributed by atoms with Crippen LogP contribution in [0.4, 0.5) is 0 Å². The van der Waals surface area contributed by atoms with Gasteiger partial charge in [0.1, 0.15) is 11.2 Å². The van der Waals surface area contributed by atoms with Gasteiger partial charge in [-0.2, -0.15) is 0 Å². The van der Waals surface area contributed by atoms with E-state index >= 15 is 0 Å². The summed E-state index contributed by atoms with van der Waals surface area (Å²) in [5.41, 5.74) is 14.4. The number of benzene rings is 8. The highest BCUT2D eigenvalue weighted by Crippen LogP contribution is 2.54. The molecule has 10 aromatic rings. The van der Waals surface area contributed by atoms with Crippen LogP contribution in [-0.4, -0.2) is 0 Å². The molecule has 2 heterocycles. The second kappa shape index (κ2) is 10.5. The third-order valence-electron chi connectivity index (χ3n) is 11.4. The van der Waals surface area contributed by atoms with Crippen molar-refractivity contribution in [1.29, 1.82) is 0 Å². The molecule has 240 valence electrons. The first-order valence-electron chi connectivity index (χ1n) is 17.7. The molecule has 1 nitrogen and oxygen atoms in total. The summed E-state index contributed by atoms with van der Waals surface area (Å²) >= 11 is 1.82. The van der Waals surface area contributed by atoms with Gasteiger partial charge in [-0.3, -0.25) is 0 Å². The normalized spacial score (nSPS) is 13.5. The Bertz CT molecular complexity index is 2990. The molecule has 0 unspecified atom stereocenters. The van der Waals surface area contributed by atoms with Crippen molar-refractivity contribution in [3.8, 4) is 44.5 Å². The van der Waals surface area contributed by atoms with E-state index in [9.17, 15) is 0 Å². The zero-order valence-corrected chi connectivity index (χ0v) is 29.1. The van der Waals surface area contributed by atoms with E-state index in [-0.39, 0.29) is 5.41 Å². The van der Waals surface area contributed by atoms with E-state index in [4.69, 9.17) is 4.42 Å². The largest absolute Gasteiger partial charge is 0.455 e. The van der Waals surface area contributed by atoms with Crippen molar-refractivity contribution < 1.29 is 4.42 Å². The van der Waals surface area contributed by atoms with Crippen LogP contribution >= 0.6 is 11.3 Å². The van der Waals surface area contributed by atoms with E-state index < -0.39 is 0 Å². The minimum absolute atomic E-state index is 0.120. The molecule has 0 N–H and O–H groups in total. The van der Waals surface area contributed by atoms with E-state index in [0.29, 0.717) is 0 Å². The summed E-state index contributed by atoms with van der Waals surface area (Å²) < 4.78 is 8.34. The summed E-state index contributed by atoms with van der Waals surface area (Å²) in [6.07, 6.45) is 0. The monoisotopic (exact) mass is 668 g/mol. The molecule has 1 aliphatic carbocycles. The van der Waals surface area contributed by atoms with Gasteiger partial charge in [0.2, 0.25) is 0 Å². The van der Waals surface area contributed by atoms with E-state index in [1.54, 1.807) is 0 Å². The SMILES string of the molecule is CC1(C)c2ccc(-c3ccccc3)cc2-c2c1ccc1c2oc2cc(-c3c4ccccc4c(-c4cccc5ccsc45)c4ccccc34)ccc21. The fraction of sp³-hybridized carbons (Fsp3) is 0.0612. The van der Waals surface area contributed by atoms with Crippen LogP contribution in [0.1, 0.15) is 25.0 Å². The highest BCUT2D eigenvalue weighted by molar-refractivity contribution is 7.17. The van der Waals surface area contributed by atoms with Gasteiger partial charge in [-0.25, -0.2) is 0 Å². The van der Waals surface area contributed by atoms with Gasteiger partial charge in [0.25, 0.3) is 0 Å². The number of hydrogen-bond donors (Lipinski definition) is 0. The van der Waals surface area contributed by atoms with Crippen molar-refractivity contribution in [3.05, 3.63) is 168 Å². The molecule has 0 atom stereocenters. The molecule has 0 aliphatic heterocycles. The zero-order valence-electron chi connectivity index (χ0n) is 28.3. The third-order valence-corrected chi connectivity index (χ3v) is 12.3. The maximum absolute atomic E-state index is 7.01. The predicted octanol–water partition coefficient (Wildman–Crippen LogP) is 14.4. The lowest BCUT2D eigenvalue weighted by molar-refractivity contribution is 0.653. The Morgan fingerprint density at radius 1 is 0.451 bits per heavy atom. The van der Waals surface area contributed by atoms with Crippen molar-refractivity contribution in [2.45, 2.75) is 19.3 Å². The predicted molar refractivity (Wildman–Crippen MR) is 218 cm³/mol. The first-order chi connectivity index (χ1) is 25.1. The molecule has 2 heteroatoms. The Morgan fingerprint density at radius 3 is 1.88 bits per heavy atom. The van der Waals surface area contributed by atoms with E-state index in [0.717, 1.165) is 21.9 Å². The Morgan fingerprint density at radius 2 is 1.12 bits per heavy atom. The number of hydrogen-bond acceptors (Lipinski definition) is 2. The molecule has 0 spiro atoms. The average molecular weight is 669 g/mol. The number of rotatable bonds is 3. The summed E-state index contributed by atoms with van der Waals surface area (Å²) in [6, 6.07) is 55.8. The van der Waals surface area contributed by atoms with Gasteiger partial charge in [-0.15, -0.1) is 11.3 Å². The van der Waals surface area contributed by atoms with Gasteiger partial charge < -0.3 is 4.42 Å². The number of fused-ring (bicyclic) bond motifs is 10. The lowest BCUT2D eigenvalue weighted by atomic mass is 9.82. The van der Waals surface area contributed by atoms with Crippen LogP contribution in [0, 0.1) is 0 Å². The Kier molecular flexibility index (Phi) is 5.95. The zero-order chi connectivity index (χ0) is 33.8. The second-order valence-corrected chi connectivity index (χ2v) is 15.3. The summed E-state index contributed by atoms with van der Waals surface area (Å²) in [5, 5.41) is 10.8. The van der Waals surface area contributed by atoms with Gasteiger partial charge in [0, 0.05) is 32.0 Å². The summed E-state index contributed by atoms with van der Waals surface area (Å²) in [5.74, 6) is 0. The van der Waals surface area contributed by atoms with Crippen molar-refractivity contribution >= 4 is 64.9 Å². The maximum atomic E-state index is 7.01. The molecule has 0 amide bonds. The smallest absolute Gasteiger partial charge is 0.143 e. The molecule has 11 rings (SSSR count). The molecule has 0 radical (unpaired) electrons. The standard InChI is InChI=1S/C49H32OS/c1-49(2)41-23-20-31(29-11-4-3-5-12-29)27-40(41)46-42(49)24-22-38-33-21-19-32(28-43(33)50-47(38)46)44-34-14-6-8-16-36(34)45(37-17-9-7-15-35(37)44)39-18-10-13-30-25-26-51-48(30)39/h3-28H,1-2H3. The van der Waals surface area contributed by atoms with Crippen LogP contribution in [0.2, 0.25) is 0 Å². The Hall–Kier alpha value is -5.96. The van der Waals surface area contributed by atoms with Crippen molar-refractivity contribution in [2.75, 3.05) is 0 Å². The second-order valence-electron chi connectivity index (χ2n) is 14.4. The van der Waals surface area contributed by atoms with Crippen LogP contribution in [0.5, 0.6) is 0 Å². The molecule has 1 aliphatic rings. The topological polar surface area (TPSA) is 13.1 Å². The fourth-order valence-electron chi connectivity index (χ4n) is 8.95. The molecular weight excluding hydrogens is 637 g/mol. The van der Waals surface area contributed by atoms with Crippen molar-refractivity contribution in [3.63, 3.8) is 0 Å². The fourth-order valence-corrected chi connectivity index (χ4v) is 9.87. The van der Waals surface area contributed by atoms with Gasteiger partial charge >= 0.3 is 0 Å². The van der Waals surface area contributed by atoms with Crippen LogP contribution in [0.25, 0.3) is 98.1 Å². The first kappa shape index (κ1) is 28.8. The highest BCUT2D eigenvalue weighted by atomic mass is 32.1. The van der Waals surface area contributed by atoms with E-state index in [1.165, 1.54) is 87.3 Å². The van der Waals surface area contributed by atoms with Gasteiger partial charge in [-0.05, 0) is 101 Å². The third kappa shape index (κ3) is 4.03. The molecule has 0 saturated carbocycles. The minimum Gasteiger partial charge on any atom is -0.455 e. The van der Waals surface area contributed by atoms with E-state index in [1.807, 2.05) is 11.3 Å². The van der Waals surface area contributed by atoms with E-state index in [2.05, 4.69) is 171 Å². The molecule has 51 heavy (non-hydrogen) atoms. The lowest BCUT2D eigenvalue weighted by Gasteiger charge is -2.21. The van der Waals surface area contributed by atoms with Gasteiger partial charge in [0.05, 0.1) is 0 Å². The van der Waals surface area contributed by atoms with Crippen molar-refractivity contribution in [1.82, 2.24) is 0 Å². The Balaban J connectivity index is 1.16.